The molecule has 32 heavy (non-hydrogen) atoms. The van der Waals surface area contributed by atoms with Crippen LogP contribution in [0.25, 0.3) is 0 Å². The summed E-state index contributed by atoms with van der Waals surface area (Å²) in [5, 5.41) is 2.94. The molecule has 1 N–H and O–H groups in total. The van der Waals surface area contributed by atoms with Crippen molar-refractivity contribution in [3.05, 3.63) is 88.7 Å². The number of rotatable bonds is 6. The molecule has 166 valence electrons. The van der Waals surface area contributed by atoms with Gasteiger partial charge in [0, 0.05) is 36.7 Å². The third-order valence-electron chi connectivity index (χ3n) is 5.50. The van der Waals surface area contributed by atoms with Gasteiger partial charge in [0.1, 0.15) is 4.90 Å². The van der Waals surface area contributed by atoms with E-state index in [1.807, 2.05) is 36.4 Å². The van der Waals surface area contributed by atoms with Gasteiger partial charge in [-0.2, -0.15) is 4.31 Å². The molecule has 3 aromatic rings. The molecule has 0 spiro atoms. The lowest BCUT2D eigenvalue weighted by Gasteiger charge is -2.26. The van der Waals surface area contributed by atoms with Gasteiger partial charge in [-0.1, -0.05) is 30.2 Å². The highest BCUT2D eigenvalue weighted by Gasteiger charge is 2.28. The van der Waals surface area contributed by atoms with Gasteiger partial charge in [-0.3, -0.25) is 9.78 Å². The summed E-state index contributed by atoms with van der Waals surface area (Å²) in [5.74, 6) is -0.390. The molecule has 1 fully saturated rings. The molecule has 0 aliphatic carbocycles. The van der Waals surface area contributed by atoms with E-state index in [-0.39, 0.29) is 15.5 Å². The summed E-state index contributed by atoms with van der Waals surface area (Å²) >= 11 is 6.21. The number of piperidine rings is 1. The van der Waals surface area contributed by atoms with E-state index in [9.17, 15) is 13.2 Å². The highest BCUT2D eigenvalue weighted by molar-refractivity contribution is 7.89. The zero-order chi connectivity index (χ0) is 22.6. The molecule has 4 rings (SSSR count). The van der Waals surface area contributed by atoms with E-state index < -0.39 is 15.9 Å². The van der Waals surface area contributed by atoms with Gasteiger partial charge in [0.05, 0.1) is 5.02 Å². The lowest BCUT2D eigenvalue weighted by molar-refractivity contribution is 0.102. The number of hydrogen-bond acceptors (Lipinski definition) is 4. The van der Waals surface area contributed by atoms with Crippen LogP contribution in [0.4, 0.5) is 5.69 Å². The standard InChI is InChI=1S/C24H24ClN3O3S/c25-22-9-6-20(17-23(22)32(30,31)28-14-2-1-3-15-28)24(29)27-21-7-4-18(5-8-21)16-19-10-12-26-13-11-19/h4-13,17H,1-3,14-16H2,(H,27,29). The smallest absolute Gasteiger partial charge is 0.255 e. The monoisotopic (exact) mass is 469 g/mol. The van der Waals surface area contributed by atoms with Gasteiger partial charge in [-0.15, -0.1) is 0 Å². The molecule has 2 heterocycles. The minimum Gasteiger partial charge on any atom is -0.322 e. The van der Waals surface area contributed by atoms with Crippen LogP contribution < -0.4 is 5.32 Å². The molecule has 1 amide bonds. The Hall–Kier alpha value is -2.74. The zero-order valence-electron chi connectivity index (χ0n) is 17.5. The van der Waals surface area contributed by atoms with Crippen molar-refractivity contribution in [3.63, 3.8) is 0 Å². The molecule has 0 unspecified atom stereocenters. The molecule has 6 nitrogen and oxygen atoms in total. The predicted octanol–water partition coefficient (Wildman–Crippen LogP) is 4.75. The minimum absolute atomic E-state index is 0.0265. The van der Waals surface area contributed by atoms with E-state index >= 15 is 0 Å². The zero-order valence-corrected chi connectivity index (χ0v) is 19.1. The van der Waals surface area contributed by atoms with Gasteiger partial charge < -0.3 is 5.32 Å². The number of benzene rings is 2. The fourth-order valence-electron chi connectivity index (χ4n) is 3.73. The van der Waals surface area contributed by atoms with Crippen LogP contribution in [0.15, 0.2) is 71.9 Å². The minimum atomic E-state index is -3.74. The number of halogens is 1. The van der Waals surface area contributed by atoms with Crippen LogP contribution in [0, 0.1) is 0 Å². The highest BCUT2D eigenvalue weighted by Crippen LogP contribution is 2.28. The number of hydrogen-bond donors (Lipinski definition) is 1. The summed E-state index contributed by atoms with van der Waals surface area (Å²) in [4.78, 5) is 16.8. The molecule has 1 aromatic heterocycles. The Morgan fingerprint density at radius 3 is 2.28 bits per heavy atom. The Morgan fingerprint density at radius 2 is 1.59 bits per heavy atom. The fraction of sp³-hybridized carbons (Fsp3) is 0.250. The average Bonchev–Trinajstić information content (AvgIpc) is 2.82. The van der Waals surface area contributed by atoms with Crippen LogP contribution in [0.5, 0.6) is 0 Å². The van der Waals surface area contributed by atoms with Gasteiger partial charge >= 0.3 is 0 Å². The predicted molar refractivity (Wildman–Crippen MR) is 126 cm³/mol. The number of nitrogens with one attached hydrogen (secondary N) is 1. The number of sulfonamides is 1. The second-order valence-corrected chi connectivity index (χ2v) is 10.1. The lowest BCUT2D eigenvalue weighted by Crippen LogP contribution is -2.35. The van der Waals surface area contributed by atoms with Crippen molar-refractivity contribution < 1.29 is 13.2 Å². The first-order valence-electron chi connectivity index (χ1n) is 10.5. The Morgan fingerprint density at radius 1 is 0.938 bits per heavy atom. The van der Waals surface area contributed by atoms with Gasteiger partial charge in [0.25, 0.3) is 5.91 Å². The Kier molecular flexibility index (Phi) is 6.89. The molecule has 1 aliphatic heterocycles. The Balaban J connectivity index is 1.48. The van der Waals surface area contributed by atoms with E-state index in [4.69, 9.17) is 11.6 Å². The molecule has 0 radical (unpaired) electrons. The van der Waals surface area contributed by atoms with Crippen LogP contribution in [0.3, 0.4) is 0 Å². The molecule has 2 aromatic carbocycles. The highest BCUT2D eigenvalue weighted by atomic mass is 35.5. The van der Waals surface area contributed by atoms with E-state index in [1.54, 1.807) is 12.4 Å². The third-order valence-corrected chi connectivity index (χ3v) is 7.88. The van der Waals surface area contributed by atoms with Crippen LogP contribution in [-0.2, 0) is 16.4 Å². The lowest BCUT2D eigenvalue weighted by atomic mass is 10.1. The van der Waals surface area contributed by atoms with E-state index in [1.165, 1.54) is 22.5 Å². The summed E-state index contributed by atoms with van der Waals surface area (Å²) in [6, 6.07) is 15.8. The SMILES string of the molecule is O=C(Nc1ccc(Cc2ccncc2)cc1)c1ccc(Cl)c(S(=O)(=O)N2CCCCC2)c1. The fourth-order valence-corrected chi connectivity index (χ4v) is 5.75. The normalized spacial score (nSPS) is 14.8. The summed E-state index contributed by atoms with van der Waals surface area (Å²) in [7, 11) is -3.74. The van der Waals surface area contributed by atoms with Gasteiger partial charge in [0.15, 0.2) is 0 Å². The second kappa shape index (κ2) is 9.81. The van der Waals surface area contributed by atoms with Crippen molar-refractivity contribution in [1.82, 2.24) is 9.29 Å². The van der Waals surface area contributed by atoms with Crippen molar-refractivity contribution >= 4 is 33.2 Å². The van der Waals surface area contributed by atoms with Crippen molar-refractivity contribution in [3.8, 4) is 0 Å². The largest absolute Gasteiger partial charge is 0.322 e. The topological polar surface area (TPSA) is 79.4 Å². The summed E-state index contributed by atoms with van der Waals surface area (Å²) in [6.45, 7) is 0.946. The quantitative estimate of drug-likeness (QED) is 0.564. The van der Waals surface area contributed by atoms with Gasteiger partial charge in [-0.25, -0.2) is 8.42 Å². The first-order chi connectivity index (χ1) is 15.4. The van der Waals surface area contributed by atoms with E-state index in [0.717, 1.165) is 36.8 Å². The Labute approximate surface area is 193 Å². The average molecular weight is 470 g/mol. The Bertz CT molecular complexity index is 1190. The van der Waals surface area contributed by atoms with Gasteiger partial charge in [0.2, 0.25) is 10.0 Å². The van der Waals surface area contributed by atoms with Crippen molar-refractivity contribution in [1.29, 1.82) is 0 Å². The van der Waals surface area contributed by atoms with Crippen molar-refractivity contribution in [2.75, 3.05) is 18.4 Å². The van der Waals surface area contributed by atoms with E-state index in [2.05, 4.69) is 10.3 Å². The number of amides is 1. The third kappa shape index (κ3) is 5.18. The molecular formula is C24H24ClN3O3S. The summed E-state index contributed by atoms with van der Waals surface area (Å²) in [6.07, 6.45) is 6.96. The van der Waals surface area contributed by atoms with Crippen molar-refractivity contribution in [2.24, 2.45) is 0 Å². The molecular weight excluding hydrogens is 446 g/mol. The number of nitrogens with zero attached hydrogens (tertiary/aromatic N) is 2. The van der Waals surface area contributed by atoms with E-state index in [0.29, 0.717) is 18.8 Å². The molecule has 0 atom stereocenters. The maximum Gasteiger partial charge on any atom is 0.255 e. The first kappa shape index (κ1) is 22.5. The molecule has 0 bridgehead atoms. The van der Waals surface area contributed by atoms with Crippen molar-refractivity contribution in [2.45, 2.75) is 30.6 Å². The number of pyridine rings is 1. The van der Waals surface area contributed by atoms with Crippen LogP contribution in [0.2, 0.25) is 5.02 Å². The maximum absolute atomic E-state index is 13.0. The molecule has 1 aliphatic rings. The molecule has 0 saturated carbocycles. The second-order valence-electron chi connectivity index (χ2n) is 7.79. The van der Waals surface area contributed by atoms with Gasteiger partial charge in [-0.05, 0) is 72.9 Å². The number of anilines is 1. The number of aromatic nitrogens is 1. The molecule has 8 heteroatoms. The van der Waals surface area contributed by atoms with Crippen LogP contribution >= 0.6 is 11.6 Å². The first-order valence-corrected chi connectivity index (χ1v) is 12.3. The summed E-state index contributed by atoms with van der Waals surface area (Å²) in [5.41, 5.74) is 3.13. The molecule has 1 saturated heterocycles. The maximum atomic E-state index is 13.0. The van der Waals surface area contributed by atoms with Crippen LogP contribution in [-0.4, -0.2) is 36.7 Å². The number of carbonyl (C=O) groups excluding carboxylic acids is 1. The summed E-state index contributed by atoms with van der Waals surface area (Å²) < 4.78 is 27.5. The number of carbonyl (C=O) groups is 1. The van der Waals surface area contributed by atoms with Crippen LogP contribution in [0.1, 0.15) is 40.7 Å².